The van der Waals surface area contributed by atoms with Crippen LogP contribution in [0.5, 0.6) is 0 Å². The fourth-order valence-corrected chi connectivity index (χ4v) is 0.513. The highest BCUT2D eigenvalue weighted by Crippen LogP contribution is 1.93. The second-order valence-electron chi connectivity index (χ2n) is 1.93. The number of hydrogen-bond acceptors (Lipinski definition) is 3. The fourth-order valence-electron chi connectivity index (χ4n) is 0.513. The van der Waals surface area contributed by atoms with E-state index < -0.39 is 10.4 Å². The maximum absolute atomic E-state index is 8.74. The maximum Gasteiger partial charge on any atom is 0.394 e. The molecule has 2 N–H and O–H groups in total. The summed E-state index contributed by atoms with van der Waals surface area (Å²) in [5.41, 5.74) is 0.715. The normalized spacial score (nSPS) is 9.31. The van der Waals surface area contributed by atoms with E-state index in [0.717, 1.165) is 0 Å². The van der Waals surface area contributed by atoms with Crippen LogP contribution in [0.3, 0.4) is 0 Å². The molecule has 0 unspecified atom stereocenters. The van der Waals surface area contributed by atoms with Crippen molar-refractivity contribution in [3.8, 4) is 6.07 Å². The smallest absolute Gasteiger partial charge is 0.264 e. The predicted octanol–water partition coefficient (Wildman–Crippen LogP) is 0.905. The summed E-state index contributed by atoms with van der Waals surface area (Å²) in [6.07, 6.45) is 0. The average Bonchev–Trinajstić information content (AvgIpc) is 2.03. The lowest BCUT2D eigenvalue weighted by Crippen LogP contribution is -1.89. The van der Waals surface area contributed by atoms with Gasteiger partial charge in [0.25, 0.3) is 0 Å². The molecule has 0 aliphatic heterocycles. The van der Waals surface area contributed by atoms with Crippen LogP contribution in [0.25, 0.3) is 0 Å². The Hall–Kier alpha value is -1.42. The quantitative estimate of drug-likeness (QED) is 0.608. The van der Waals surface area contributed by atoms with Gasteiger partial charge in [-0.1, -0.05) is 18.2 Å². The van der Waals surface area contributed by atoms with Crippen LogP contribution in [0.2, 0.25) is 0 Å². The van der Waals surface area contributed by atoms with Crippen LogP contribution >= 0.6 is 0 Å². The van der Waals surface area contributed by atoms with Gasteiger partial charge < -0.3 is 0 Å². The van der Waals surface area contributed by atoms with E-state index in [9.17, 15) is 0 Å². The summed E-state index contributed by atoms with van der Waals surface area (Å²) in [6, 6.07) is 11.2. The highest BCUT2D eigenvalue weighted by atomic mass is 32.3. The molecule has 1 aromatic carbocycles. The molecule has 0 amide bonds. The van der Waals surface area contributed by atoms with Gasteiger partial charge in [0.2, 0.25) is 0 Å². The lowest BCUT2D eigenvalue weighted by Gasteiger charge is -1.80. The van der Waals surface area contributed by atoms with Crippen LogP contribution in [-0.2, 0) is 10.4 Å². The molecule has 0 saturated heterocycles. The molecule has 0 radical (unpaired) electrons. The highest BCUT2D eigenvalue weighted by molar-refractivity contribution is 7.79. The second-order valence-corrected chi connectivity index (χ2v) is 2.82. The van der Waals surface area contributed by atoms with Crippen molar-refractivity contribution in [2.45, 2.75) is 0 Å². The van der Waals surface area contributed by atoms with Crippen LogP contribution in [-0.4, -0.2) is 17.5 Å². The highest BCUT2D eigenvalue weighted by Gasteiger charge is 1.84. The minimum absolute atomic E-state index is 0.715. The van der Waals surface area contributed by atoms with Gasteiger partial charge in [-0.25, -0.2) is 0 Å². The third kappa shape index (κ3) is 10.6. The first kappa shape index (κ1) is 11.6. The Kier molecular flexibility index (Phi) is 4.69. The molecule has 0 bridgehead atoms. The summed E-state index contributed by atoms with van der Waals surface area (Å²) >= 11 is 0. The standard InChI is InChI=1S/C7H5N.H2O4S/c8-6-7-4-2-1-3-5-7;1-5(2,3)4/h1-5H;(H2,1,2,3,4). The summed E-state index contributed by atoms with van der Waals surface area (Å²) in [7, 11) is -4.67. The molecule has 0 atom stereocenters. The van der Waals surface area contributed by atoms with E-state index in [4.69, 9.17) is 22.8 Å². The average molecular weight is 201 g/mol. The van der Waals surface area contributed by atoms with Crippen LogP contribution in [0.4, 0.5) is 0 Å². The lowest BCUT2D eigenvalue weighted by molar-refractivity contribution is 0.381. The molecule has 0 aliphatic carbocycles. The molecule has 0 saturated carbocycles. The van der Waals surface area contributed by atoms with Gasteiger partial charge in [-0.15, -0.1) is 0 Å². The summed E-state index contributed by atoms with van der Waals surface area (Å²) in [4.78, 5) is 0. The number of hydrogen-bond donors (Lipinski definition) is 2. The van der Waals surface area contributed by atoms with Gasteiger partial charge in [0.1, 0.15) is 0 Å². The van der Waals surface area contributed by atoms with Crippen molar-refractivity contribution in [1.29, 1.82) is 5.26 Å². The van der Waals surface area contributed by atoms with Gasteiger partial charge in [-0.05, 0) is 12.1 Å². The fraction of sp³-hybridized carbons (Fsp3) is 0. The Morgan fingerprint density at radius 1 is 1.15 bits per heavy atom. The van der Waals surface area contributed by atoms with Gasteiger partial charge >= 0.3 is 10.4 Å². The van der Waals surface area contributed by atoms with Crippen LogP contribution in [0, 0.1) is 11.3 Å². The number of nitrogens with zero attached hydrogens (tertiary/aromatic N) is 1. The topological polar surface area (TPSA) is 98.4 Å². The Bertz CT molecular complexity index is 371. The largest absolute Gasteiger partial charge is 0.394 e. The van der Waals surface area contributed by atoms with Gasteiger partial charge in [-0.2, -0.15) is 13.7 Å². The number of nitriles is 1. The minimum Gasteiger partial charge on any atom is -0.264 e. The van der Waals surface area contributed by atoms with Crippen molar-refractivity contribution in [2.75, 3.05) is 0 Å². The number of benzene rings is 1. The zero-order valence-electron chi connectivity index (χ0n) is 6.45. The first-order valence-corrected chi connectivity index (χ1v) is 4.48. The second kappa shape index (κ2) is 5.27. The number of rotatable bonds is 0. The van der Waals surface area contributed by atoms with Gasteiger partial charge in [0, 0.05) is 0 Å². The van der Waals surface area contributed by atoms with E-state index in [-0.39, 0.29) is 0 Å². The zero-order chi connectivity index (χ0) is 10.3. The van der Waals surface area contributed by atoms with Crippen LogP contribution < -0.4 is 0 Å². The van der Waals surface area contributed by atoms with E-state index in [1.807, 2.05) is 24.3 Å². The Morgan fingerprint density at radius 3 is 1.77 bits per heavy atom. The van der Waals surface area contributed by atoms with Crippen molar-refractivity contribution in [3.63, 3.8) is 0 Å². The Balaban J connectivity index is 0.000000252. The summed E-state index contributed by atoms with van der Waals surface area (Å²) in [6.45, 7) is 0. The molecular weight excluding hydrogens is 194 g/mol. The molecule has 5 nitrogen and oxygen atoms in total. The lowest BCUT2D eigenvalue weighted by atomic mass is 10.2. The molecule has 1 aromatic rings. The van der Waals surface area contributed by atoms with Crippen molar-refractivity contribution in [2.24, 2.45) is 0 Å². The van der Waals surface area contributed by atoms with Crippen molar-refractivity contribution < 1.29 is 17.5 Å². The van der Waals surface area contributed by atoms with E-state index in [0.29, 0.717) is 5.56 Å². The zero-order valence-corrected chi connectivity index (χ0v) is 7.27. The summed E-state index contributed by atoms with van der Waals surface area (Å²) in [5.74, 6) is 0. The SMILES string of the molecule is N#Cc1ccccc1.O=S(=O)(O)O. The Labute approximate surface area is 75.8 Å². The van der Waals surface area contributed by atoms with Crippen molar-refractivity contribution in [3.05, 3.63) is 35.9 Å². The van der Waals surface area contributed by atoms with E-state index in [1.165, 1.54) is 0 Å². The van der Waals surface area contributed by atoms with E-state index in [1.54, 1.807) is 12.1 Å². The molecule has 0 heterocycles. The van der Waals surface area contributed by atoms with Gasteiger partial charge in [0.05, 0.1) is 11.6 Å². The molecule has 0 aliphatic rings. The molecule has 70 valence electrons. The van der Waals surface area contributed by atoms with E-state index in [2.05, 4.69) is 0 Å². The van der Waals surface area contributed by atoms with Crippen molar-refractivity contribution in [1.82, 2.24) is 0 Å². The monoisotopic (exact) mass is 201 g/mol. The molecule has 6 heteroatoms. The van der Waals surface area contributed by atoms with Gasteiger partial charge in [0.15, 0.2) is 0 Å². The van der Waals surface area contributed by atoms with Gasteiger partial charge in [-0.3, -0.25) is 9.11 Å². The first-order valence-electron chi connectivity index (χ1n) is 3.08. The van der Waals surface area contributed by atoms with Crippen LogP contribution in [0.15, 0.2) is 30.3 Å². The molecule has 13 heavy (non-hydrogen) atoms. The molecule has 1 rings (SSSR count). The molecule has 0 aromatic heterocycles. The summed E-state index contributed by atoms with van der Waals surface area (Å²) in [5, 5.41) is 8.29. The first-order chi connectivity index (χ1) is 5.93. The minimum atomic E-state index is -4.67. The van der Waals surface area contributed by atoms with Crippen LogP contribution in [0.1, 0.15) is 5.56 Å². The summed E-state index contributed by atoms with van der Waals surface area (Å²) < 4.78 is 31.6. The maximum atomic E-state index is 8.74. The third-order valence-corrected chi connectivity index (χ3v) is 0.903. The molecular formula is C7H7NO4S. The Morgan fingerprint density at radius 2 is 1.54 bits per heavy atom. The third-order valence-electron chi connectivity index (χ3n) is 0.903. The van der Waals surface area contributed by atoms with Crippen molar-refractivity contribution >= 4 is 10.4 Å². The molecule has 0 fully saturated rings. The van der Waals surface area contributed by atoms with E-state index >= 15 is 0 Å². The molecule has 0 spiro atoms. The predicted molar refractivity (Wildman–Crippen MR) is 45.3 cm³/mol.